The number of thioether (sulfide) groups is 1. The van der Waals surface area contributed by atoms with Crippen molar-refractivity contribution in [3.8, 4) is 5.69 Å². The van der Waals surface area contributed by atoms with Crippen molar-refractivity contribution >= 4 is 40.2 Å². The molecule has 2 N–H and O–H groups in total. The fourth-order valence-corrected chi connectivity index (χ4v) is 3.34. The number of primary amides is 1. The van der Waals surface area contributed by atoms with E-state index >= 15 is 0 Å². The van der Waals surface area contributed by atoms with E-state index in [1.54, 1.807) is 55.5 Å². The zero-order valence-corrected chi connectivity index (χ0v) is 14.3. The number of halogens is 1. The van der Waals surface area contributed by atoms with Crippen LogP contribution in [-0.2, 0) is 4.79 Å². The Morgan fingerprint density at radius 3 is 2.58 bits per heavy atom. The Labute approximate surface area is 147 Å². The molecule has 1 aromatic heterocycles. The van der Waals surface area contributed by atoms with E-state index in [0.717, 1.165) is 11.8 Å². The van der Waals surface area contributed by atoms with Gasteiger partial charge < -0.3 is 5.73 Å². The molecule has 0 aliphatic rings. The summed E-state index contributed by atoms with van der Waals surface area (Å²) in [4.78, 5) is 29.0. The molecule has 2 aromatic carbocycles. The van der Waals surface area contributed by atoms with Gasteiger partial charge in [0.25, 0.3) is 5.56 Å². The minimum atomic E-state index is -0.535. The lowest BCUT2D eigenvalue weighted by atomic mass is 10.2. The number of carbonyl (C=O) groups excluding carboxylic acids is 1. The minimum Gasteiger partial charge on any atom is -0.369 e. The third kappa shape index (κ3) is 3.02. The standard InChI is InChI=1S/C17H14ClN3O2S/c1-10(15(19)22)24-17-20-13-8-4-2-6-11(13)16(23)21(17)14-9-5-3-7-12(14)18/h2-10H,1H3,(H2,19,22). The van der Waals surface area contributed by atoms with Gasteiger partial charge in [-0.15, -0.1) is 0 Å². The van der Waals surface area contributed by atoms with Crippen molar-refractivity contribution in [1.82, 2.24) is 9.55 Å². The fourth-order valence-electron chi connectivity index (χ4n) is 2.25. The summed E-state index contributed by atoms with van der Waals surface area (Å²) < 4.78 is 1.43. The summed E-state index contributed by atoms with van der Waals surface area (Å²) in [7, 11) is 0. The largest absolute Gasteiger partial charge is 0.369 e. The summed E-state index contributed by atoms with van der Waals surface area (Å²) in [5.74, 6) is -0.479. The molecule has 0 spiro atoms. The first-order chi connectivity index (χ1) is 11.5. The molecule has 1 atom stereocenters. The van der Waals surface area contributed by atoms with Gasteiger partial charge >= 0.3 is 0 Å². The monoisotopic (exact) mass is 359 g/mol. The molecule has 0 saturated carbocycles. The third-order valence-electron chi connectivity index (χ3n) is 3.52. The Balaban J connectivity index is 2.32. The molecule has 0 aliphatic heterocycles. The summed E-state index contributed by atoms with van der Waals surface area (Å²) in [6.07, 6.45) is 0. The van der Waals surface area contributed by atoms with Gasteiger partial charge in [-0.05, 0) is 31.2 Å². The summed E-state index contributed by atoms with van der Waals surface area (Å²) in [5, 5.41) is 0.739. The van der Waals surface area contributed by atoms with Crippen LogP contribution < -0.4 is 11.3 Å². The smallest absolute Gasteiger partial charge is 0.266 e. The van der Waals surface area contributed by atoms with Crippen LogP contribution in [0.3, 0.4) is 0 Å². The number of nitrogens with zero attached hydrogens (tertiary/aromatic N) is 2. The first kappa shape index (κ1) is 16.5. The number of rotatable bonds is 4. The zero-order chi connectivity index (χ0) is 17.3. The average Bonchev–Trinajstić information content (AvgIpc) is 2.56. The van der Waals surface area contributed by atoms with E-state index in [1.807, 2.05) is 0 Å². The number of carbonyl (C=O) groups is 1. The maximum Gasteiger partial charge on any atom is 0.266 e. The van der Waals surface area contributed by atoms with Gasteiger partial charge in [0.15, 0.2) is 5.16 Å². The molecule has 0 radical (unpaired) electrons. The van der Waals surface area contributed by atoms with E-state index in [1.165, 1.54) is 4.57 Å². The van der Waals surface area contributed by atoms with Gasteiger partial charge in [-0.1, -0.05) is 47.6 Å². The lowest BCUT2D eigenvalue weighted by Gasteiger charge is -2.15. The van der Waals surface area contributed by atoms with Gasteiger partial charge in [-0.3, -0.25) is 14.2 Å². The van der Waals surface area contributed by atoms with Crippen molar-refractivity contribution in [2.75, 3.05) is 0 Å². The maximum atomic E-state index is 13.0. The topological polar surface area (TPSA) is 78.0 Å². The van der Waals surface area contributed by atoms with Gasteiger partial charge in [0.05, 0.1) is 26.9 Å². The van der Waals surface area contributed by atoms with Crippen LogP contribution in [0.5, 0.6) is 0 Å². The quantitative estimate of drug-likeness (QED) is 0.573. The molecular weight excluding hydrogens is 346 g/mol. The molecule has 5 nitrogen and oxygen atoms in total. The molecule has 3 aromatic rings. The van der Waals surface area contributed by atoms with Crippen molar-refractivity contribution < 1.29 is 4.79 Å². The number of nitrogens with two attached hydrogens (primary N) is 1. The molecule has 1 unspecified atom stereocenters. The highest BCUT2D eigenvalue weighted by atomic mass is 35.5. The highest BCUT2D eigenvalue weighted by Gasteiger charge is 2.19. The highest BCUT2D eigenvalue weighted by Crippen LogP contribution is 2.27. The predicted molar refractivity (Wildman–Crippen MR) is 96.9 cm³/mol. The zero-order valence-electron chi connectivity index (χ0n) is 12.8. The number of amides is 1. The summed E-state index contributed by atoms with van der Waals surface area (Å²) in [5.41, 5.74) is 6.18. The van der Waals surface area contributed by atoms with Crippen LogP contribution >= 0.6 is 23.4 Å². The van der Waals surface area contributed by atoms with Gasteiger partial charge in [-0.25, -0.2) is 4.98 Å². The van der Waals surface area contributed by atoms with E-state index in [-0.39, 0.29) is 5.56 Å². The molecule has 24 heavy (non-hydrogen) atoms. The Bertz CT molecular complexity index is 987. The summed E-state index contributed by atoms with van der Waals surface area (Å²) in [6, 6.07) is 14.1. The van der Waals surface area contributed by atoms with E-state index in [2.05, 4.69) is 4.98 Å². The van der Waals surface area contributed by atoms with Crippen molar-refractivity contribution in [2.45, 2.75) is 17.3 Å². The third-order valence-corrected chi connectivity index (χ3v) is 4.91. The predicted octanol–water partition coefficient (Wildman–Crippen LogP) is 3.01. The first-order valence-corrected chi connectivity index (χ1v) is 8.47. The van der Waals surface area contributed by atoms with Crippen LogP contribution in [0.15, 0.2) is 58.5 Å². The van der Waals surface area contributed by atoms with Crippen LogP contribution in [0.4, 0.5) is 0 Å². The Morgan fingerprint density at radius 2 is 1.88 bits per heavy atom. The van der Waals surface area contributed by atoms with Crippen LogP contribution in [0.25, 0.3) is 16.6 Å². The van der Waals surface area contributed by atoms with E-state index in [0.29, 0.717) is 26.8 Å². The molecular formula is C17H14ClN3O2S. The van der Waals surface area contributed by atoms with Crippen molar-refractivity contribution in [3.63, 3.8) is 0 Å². The van der Waals surface area contributed by atoms with E-state index in [4.69, 9.17) is 17.3 Å². The molecule has 0 fully saturated rings. The molecule has 0 bridgehead atoms. The molecule has 0 aliphatic carbocycles. The lowest BCUT2D eigenvalue weighted by molar-refractivity contribution is -0.117. The number of para-hydroxylation sites is 2. The van der Waals surface area contributed by atoms with E-state index in [9.17, 15) is 9.59 Å². The van der Waals surface area contributed by atoms with Crippen LogP contribution in [0.1, 0.15) is 6.92 Å². The summed E-state index contributed by atoms with van der Waals surface area (Å²) in [6.45, 7) is 1.67. The van der Waals surface area contributed by atoms with Gasteiger partial charge in [0.1, 0.15) is 0 Å². The molecule has 7 heteroatoms. The molecule has 1 heterocycles. The average molecular weight is 360 g/mol. The van der Waals surface area contributed by atoms with Crippen LogP contribution in [0.2, 0.25) is 5.02 Å². The number of fused-ring (bicyclic) bond motifs is 1. The minimum absolute atomic E-state index is 0.243. The fraction of sp³-hybridized carbons (Fsp3) is 0.118. The Morgan fingerprint density at radius 1 is 1.21 bits per heavy atom. The second-order valence-electron chi connectivity index (χ2n) is 5.17. The number of hydrogen-bond donors (Lipinski definition) is 1. The van der Waals surface area contributed by atoms with Crippen molar-refractivity contribution in [3.05, 3.63) is 63.9 Å². The normalized spacial score (nSPS) is 12.2. The highest BCUT2D eigenvalue weighted by molar-refractivity contribution is 8.00. The van der Waals surface area contributed by atoms with Crippen LogP contribution in [0, 0.1) is 0 Å². The van der Waals surface area contributed by atoms with E-state index < -0.39 is 11.2 Å². The number of aromatic nitrogens is 2. The SMILES string of the molecule is CC(Sc1nc2ccccc2c(=O)n1-c1ccccc1Cl)C(N)=O. The van der Waals surface area contributed by atoms with Gasteiger partial charge in [0, 0.05) is 0 Å². The first-order valence-electron chi connectivity index (χ1n) is 7.21. The van der Waals surface area contributed by atoms with Gasteiger partial charge in [-0.2, -0.15) is 0 Å². The van der Waals surface area contributed by atoms with Crippen molar-refractivity contribution in [2.24, 2.45) is 5.73 Å². The molecule has 122 valence electrons. The second kappa shape index (κ2) is 6.67. The molecule has 1 amide bonds. The lowest BCUT2D eigenvalue weighted by Crippen LogP contribution is -2.26. The maximum absolute atomic E-state index is 13.0. The second-order valence-corrected chi connectivity index (χ2v) is 6.88. The van der Waals surface area contributed by atoms with Crippen LogP contribution in [-0.4, -0.2) is 20.7 Å². The van der Waals surface area contributed by atoms with Crippen molar-refractivity contribution in [1.29, 1.82) is 0 Å². The Kier molecular flexibility index (Phi) is 4.59. The Hall–Kier alpha value is -2.31. The number of hydrogen-bond acceptors (Lipinski definition) is 4. The molecule has 0 saturated heterocycles. The number of benzene rings is 2. The molecule has 3 rings (SSSR count). The summed E-state index contributed by atoms with van der Waals surface area (Å²) >= 11 is 7.39. The van der Waals surface area contributed by atoms with Gasteiger partial charge in [0.2, 0.25) is 5.91 Å².